The lowest BCUT2D eigenvalue weighted by Gasteiger charge is -2.17. The van der Waals surface area contributed by atoms with E-state index in [1.54, 1.807) is 29.2 Å². The molecule has 0 saturated carbocycles. The number of benzene rings is 1. The first-order valence-electron chi connectivity index (χ1n) is 6.76. The third-order valence-electron chi connectivity index (χ3n) is 3.29. The van der Waals surface area contributed by atoms with Crippen molar-refractivity contribution in [3.05, 3.63) is 29.8 Å². The highest BCUT2D eigenvalue weighted by Gasteiger charge is 2.26. The fourth-order valence-electron chi connectivity index (χ4n) is 2.25. The predicted octanol–water partition coefficient (Wildman–Crippen LogP) is 0.674. The van der Waals surface area contributed by atoms with Crippen LogP contribution in [0.3, 0.4) is 0 Å². The molecule has 2 amide bonds. The van der Waals surface area contributed by atoms with Crippen LogP contribution in [0.1, 0.15) is 18.9 Å². The molecular formula is C15H17N3O3. The summed E-state index contributed by atoms with van der Waals surface area (Å²) in [6, 6.07) is 8.66. The number of likely N-dealkylation sites (tertiary alicyclic amines) is 1. The maximum atomic E-state index is 12.0. The van der Waals surface area contributed by atoms with Gasteiger partial charge in [-0.1, -0.05) is 0 Å². The number of hydrogen-bond donors (Lipinski definition) is 1. The molecule has 1 heterocycles. The number of rotatable bonds is 4. The topological polar surface area (TPSA) is 82.4 Å². The van der Waals surface area contributed by atoms with Crippen molar-refractivity contribution in [2.45, 2.75) is 19.4 Å². The molecule has 0 aliphatic carbocycles. The molecule has 1 aliphatic heterocycles. The maximum absolute atomic E-state index is 12.0. The van der Waals surface area contributed by atoms with E-state index in [2.05, 4.69) is 5.32 Å². The summed E-state index contributed by atoms with van der Waals surface area (Å²) in [5, 5.41) is 11.5. The molecule has 1 fully saturated rings. The van der Waals surface area contributed by atoms with Crippen molar-refractivity contribution in [3.63, 3.8) is 0 Å². The zero-order valence-electron chi connectivity index (χ0n) is 11.8. The number of nitrogens with zero attached hydrogens (tertiary/aromatic N) is 2. The second kappa shape index (κ2) is 6.75. The van der Waals surface area contributed by atoms with Crippen molar-refractivity contribution in [1.29, 1.82) is 5.26 Å². The summed E-state index contributed by atoms with van der Waals surface area (Å²) in [6.07, 6.45) is 0.766. The molecule has 1 aromatic rings. The first kappa shape index (κ1) is 14.9. The Kier molecular flexibility index (Phi) is 4.77. The summed E-state index contributed by atoms with van der Waals surface area (Å²) in [5.74, 6) is 0.371. The number of nitriles is 1. The lowest BCUT2D eigenvalue weighted by molar-refractivity contribution is -0.132. The molecule has 0 spiro atoms. The SMILES string of the molecule is CC(=O)NC1CCN(C(=O)COc2ccc(C#N)cc2)C1. The quantitative estimate of drug-likeness (QED) is 0.882. The van der Waals surface area contributed by atoms with Crippen LogP contribution in [0, 0.1) is 11.3 Å². The second-order valence-corrected chi connectivity index (χ2v) is 4.95. The molecule has 1 unspecified atom stereocenters. The van der Waals surface area contributed by atoms with Crippen LogP contribution < -0.4 is 10.1 Å². The molecule has 0 bridgehead atoms. The highest BCUT2D eigenvalue weighted by atomic mass is 16.5. The van der Waals surface area contributed by atoms with E-state index < -0.39 is 0 Å². The van der Waals surface area contributed by atoms with Gasteiger partial charge in [0, 0.05) is 26.1 Å². The molecule has 6 nitrogen and oxygen atoms in total. The van der Waals surface area contributed by atoms with Gasteiger partial charge in [-0.2, -0.15) is 5.26 Å². The van der Waals surface area contributed by atoms with Crippen LogP contribution in [0.25, 0.3) is 0 Å². The summed E-state index contributed by atoms with van der Waals surface area (Å²) in [7, 11) is 0. The summed E-state index contributed by atoms with van der Waals surface area (Å²) in [6.45, 7) is 2.58. The zero-order chi connectivity index (χ0) is 15.2. The van der Waals surface area contributed by atoms with Gasteiger partial charge in [-0.15, -0.1) is 0 Å². The van der Waals surface area contributed by atoms with Crippen LogP contribution in [0.5, 0.6) is 5.75 Å². The minimum atomic E-state index is -0.104. The fraction of sp³-hybridized carbons (Fsp3) is 0.400. The highest BCUT2D eigenvalue weighted by molar-refractivity contribution is 5.78. The third-order valence-corrected chi connectivity index (χ3v) is 3.29. The van der Waals surface area contributed by atoms with Gasteiger partial charge in [0.2, 0.25) is 5.91 Å². The predicted molar refractivity (Wildman–Crippen MR) is 75.5 cm³/mol. The third kappa shape index (κ3) is 4.21. The Morgan fingerprint density at radius 1 is 1.43 bits per heavy atom. The number of ether oxygens (including phenoxy) is 1. The van der Waals surface area contributed by atoms with Gasteiger partial charge in [-0.3, -0.25) is 9.59 Å². The number of nitrogens with one attached hydrogen (secondary N) is 1. The average Bonchev–Trinajstić information content (AvgIpc) is 2.93. The lowest BCUT2D eigenvalue weighted by atomic mass is 10.2. The standard InChI is InChI=1S/C15H17N3O3/c1-11(19)17-13-6-7-18(9-13)15(20)10-21-14-4-2-12(8-16)3-5-14/h2-5,13H,6-7,9-10H2,1H3,(H,17,19). The highest BCUT2D eigenvalue weighted by Crippen LogP contribution is 2.13. The number of amides is 2. The van der Waals surface area contributed by atoms with E-state index in [0.29, 0.717) is 24.4 Å². The number of hydrogen-bond acceptors (Lipinski definition) is 4. The molecule has 1 atom stereocenters. The van der Waals surface area contributed by atoms with E-state index in [1.807, 2.05) is 6.07 Å². The van der Waals surface area contributed by atoms with Crippen LogP contribution in [0.4, 0.5) is 0 Å². The van der Waals surface area contributed by atoms with Crippen LogP contribution in [-0.2, 0) is 9.59 Å². The monoisotopic (exact) mass is 287 g/mol. The molecule has 1 N–H and O–H groups in total. The lowest BCUT2D eigenvalue weighted by Crippen LogP contribution is -2.38. The maximum Gasteiger partial charge on any atom is 0.260 e. The van der Waals surface area contributed by atoms with Crippen molar-refractivity contribution in [3.8, 4) is 11.8 Å². The van der Waals surface area contributed by atoms with E-state index in [9.17, 15) is 9.59 Å². The minimum absolute atomic E-state index is 0.0290. The molecule has 2 rings (SSSR count). The number of carbonyl (C=O) groups is 2. The van der Waals surface area contributed by atoms with E-state index in [-0.39, 0.29) is 24.5 Å². The molecule has 110 valence electrons. The molecule has 6 heteroatoms. The zero-order valence-corrected chi connectivity index (χ0v) is 11.8. The Balaban J connectivity index is 1.79. The van der Waals surface area contributed by atoms with E-state index in [0.717, 1.165) is 6.42 Å². The Bertz CT molecular complexity index is 563. The summed E-state index contributed by atoms with van der Waals surface area (Å²) < 4.78 is 5.41. The van der Waals surface area contributed by atoms with E-state index >= 15 is 0 Å². The normalized spacial score (nSPS) is 17.1. The summed E-state index contributed by atoms with van der Waals surface area (Å²) in [4.78, 5) is 24.7. The molecule has 0 aromatic heterocycles. The van der Waals surface area contributed by atoms with Gasteiger partial charge in [0.25, 0.3) is 5.91 Å². The van der Waals surface area contributed by atoms with Crippen molar-refractivity contribution in [1.82, 2.24) is 10.2 Å². The first-order valence-corrected chi connectivity index (χ1v) is 6.76. The number of carbonyl (C=O) groups excluding carboxylic acids is 2. The Morgan fingerprint density at radius 3 is 2.76 bits per heavy atom. The van der Waals surface area contributed by atoms with Gasteiger partial charge in [0.15, 0.2) is 6.61 Å². The largest absolute Gasteiger partial charge is 0.484 e. The van der Waals surface area contributed by atoms with Gasteiger partial charge >= 0.3 is 0 Å². The van der Waals surface area contributed by atoms with Gasteiger partial charge in [-0.05, 0) is 30.7 Å². The van der Waals surface area contributed by atoms with Crippen LogP contribution in [0.2, 0.25) is 0 Å². The Hall–Kier alpha value is -2.55. The molecule has 21 heavy (non-hydrogen) atoms. The molecule has 1 saturated heterocycles. The van der Waals surface area contributed by atoms with Crippen LogP contribution in [0.15, 0.2) is 24.3 Å². The minimum Gasteiger partial charge on any atom is -0.484 e. The van der Waals surface area contributed by atoms with Crippen LogP contribution in [-0.4, -0.2) is 42.5 Å². The van der Waals surface area contributed by atoms with Crippen molar-refractivity contribution in [2.75, 3.05) is 19.7 Å². The van der Waals surface area contributed by atoms with Crippen molar-refractivity contribution >= 4 is 11.8 Å². The van der Waals surface area contributed by atoms with Crippen molar-refractivity contribution < 1.29 is 14.3 Å². The van der Waals surface area contributed by atoms with Gasteiger partial charge in [0.05, 0.1) is 11.6 Å². The first-order chi connectivity index (χ1) is 10.1. The van der Waals surface area contributed by atoms with E-state index in [1.165, 1.54) is 6.92 Å². The molecule has 1 aromatic carbocycles. The molecular weight excluding hydrogens is 270 g/mol. The fourth-order valence-corrected chi connectivity index (χ4v) is 2.25. The average molecular weight is 287 g/mol. The summed E-state index contributed by atoms with van der Waals surface area (Å²) >= 11 is 0. The molecule has 1 aliphatic rings. The molecule has 0 radical (unpaired) electrons. The van der Waals surface area contributed by atoms with Gasteiger partial charge in [-0.25, -0.2) is 0 Å². The second-order valence-electron chi connectivity index (χ2n) is 4.95. The van der Waals surface area contributed by atoms with Gasteiger partial charge in [0.1, 0.15) is 5.75 Å². The summed E-state index contributed by atoms with van der Waals surface area (Å²) in [5.41, 5.74) is 0.548. The van der Waals surface area contributed by atoms with Gasteiger partial charge < -0.3 is 15.0 Å². The van der Waals surface area contributed by atoms with Crippen LogP contribution >= 0.6 is 0 Å². The smallest absolute Gasteiger partial charge is 0.260 e. The Labute approximate surface area is 123 Å². The Morgan fingerprint density at radius 2 is 2.14 bits per heavy atom. The van der Waals surface area contributed by atoms with Crippen molar-refractivity contribution in [2.24, 2.45) is 0 Å². The van der Waals surface area contributed by atoms with E-state index in [4.69, 9.17) is 10.00 Å².